The third-order valence-corrected chi connectivity index (χ3v) is 4.59. The van der Waals surface area contributed by atoms with E-state index >= 15 is 0 Å². The zero-order valence-electron chi connectivity index (χ0n) is 12.1. The summed E-state index contributed by atoms with van der Waals surface area (Å²) in [5.74, 6) is -0.0528. The van der Waals surface area contributed by atoms with Gasteiger partial charge >= 0.3 is 5.97 Å². The summed E-state index contributed by atoms with van der Waals surface area (Å²) < 4.78 is 0. The van der Waals surface area contributed by atoms with E-state index in [-0.39, 0.29) is 11.9 Å². The summed E-state index contributed by atoms with van der Waals surface area (Å²) >= 11 is 0. The Hall–Kier alpha value is -1.10. The van der Waals surface area contributed by atoms with Gasteiger partial charge in [-0.2, -0.15) is 0 Å². The summed E-state index contributed by atoms with van der Waals surface area (Å²) in [6.45, 7) is 2.15. The molecule has 1 atom stereocenters. The Morgan fingerprint density at radius 1 is 1.10 bits per heavy atom. The van der Waals surface area contributed by atoms with Gasteiger partial charge in [-0.05, 0) is 38.1 Å². The molecule has 1 saturated carbocycles. The second kappa shape index (κ2) is 7.62. The predicted molar refractivity (Wildman–Crippen MR) is 76.4 cm³/mol. The van der Waals surface area contributed by atoms with Crippen molar-refractivity contribution in [2.45, 2.75) is 57.4 Å². The molecule has 0 aromatic heterocycles. The minimum absolute atomic E-state index is 0.0617. The highest BCUT2D eigenvalue weighted by Gasteiger charge is 2.30. The fourth-order valence-electron chi connectivity index (χ4n) is 3.36. The monoisotopic (exact) mass is 282 g/mol. The number of aliphatic carboxylic acids is 1. The van der Waals surface area contributed by atoms with Gasteiger partial charge in [0, 0.05) is 19.5 Å². The Labute approximate surface area is 120 Å². The molecule has 0 bridgehead atoms. The number of hydrogen-bond acceptors (Lipinski definition) is 3. The van der Waals surface area contributed by atoms with E-state index in [4.69, 9.17) is 5.11 Å². The van der Waals surface area contributed by atoms with Crippen LogP contribution >= 0.6 is 0 Å². The molecule has 0 radical (unpaired) electrons. The van der Waals surface area contributed by atoms with Crippen LogP contribution in [0.2, 0.25) is 0 Å². The van der Waals surface area contributed by atoms with Gasteiger partial charge in [-0.25, -0.2) is 0 Å². The molecule has 1 saturated heterocycles. The molecule has 114 valence electrons. The standard InChI is InChI=1S/C15H26N2O3/c18-14(16-11-12-5-2-1-3-6-12)8-10-17-9-4-7-13(17)15(19)20/h12-13H,1-11H2,(H,16,18)(H,19,20)/t13-/m0/s1. The highest BCUT2D eigenvalue weighted by Crippen LogP contribution is 2.22. The van der Waals surface area contributed by atoms with Crippen LogP contribution in [0.1, 0.15) is 51.4 Å². The van der Waals surface area contributed by atoms with Crippen molar-refractivity contribution in [3.8, 4) is 0 Å². The number of nitrogens with one attached hydrogen (secondary N) is 1. The molecular weight excluding hydrogens is 256 g/mol. The van der Waals surface area contributed by atoms with Crippen LogP contribution in [-0.4, -0.2) is 47.6 Å². The first kappa shape index (κ1) is 15.3. The highest BCUT2D eigenvalue weighted by atomic mass is 16.4. The molecule has 1 amide bonds. The van der Waals surface area contributed by atoms with E-state index in [1.54, 1.807) is 0 Å². The number of hydrogen-bond donors (Lipinski definition) is 2. The van der Waals surface area contributed by atoms with Gasteiger partial charge in [-0.1, -0.05) is 19.3 Å². The van der Waals surface area contributed by atoms with E-state index in [0.29, 0.717) is 25.3 Å². The molecule has 2 aliphatic rings. The van der Waals surface area contributed by atoms with Gasteiger partial charge in [-0.3, -0.25) is 14.5 Å². The topological polar surface area (TPSA) is 69.6 Å². The van der Waals surface area contributed by atoms with E-state index < -0.39 is 5.97 Å². The van der Waals surface area contributed by atoms with Gasteiger partial charge in [0.25, 0.3) is 0 Å². The van der Waals surface area contributed by atoms with Gasteiger partial charge < -0.3 is 10.4 Å². The minimum Gasteiger partial charge on any atom is -0.480 e. The number of carbonyl (C=O) groups is 2. The van der Waals surface area contributed by atoms with Gasteiger partial charge in [-0.15, -0.1) is 0 Å². The van der Waals surface area contributed by atoms with Crippen molar-refractivity contribution in [1.29, 1.82) is 0 Å². The largest absolute Gasteiger partial charge is 0.480 e. The second-order valence-electron chi connectivity index (χ2n) is 6.09. The fourth-order valence-corrected chi connectivity index (χ4v) is 3.36. The Morgan fingerprint density at radius 2 is 1.85 bits per heavy atom. The lowest BCUT2D eigenvalue weighted by Crippen LogP contribution is -2.39. The van der Waals surface area contributed by atoms with Crippen LogP contribution in [0.25, 0.3) is 0 Å². The van der Waals surface area contributed by atoms with Crippen molar-refractivity contribution in [2.24, 2.45) is 5.92 Å². The summed E-state index contributed by atoms with van der Waals surface area (Å²) in [6, 6.07) is -0.388. The summed E-state index contributed by atoms with van der Waals surface area (Å²) in [5.41, 5.74) is 0. The number of carboxylic acids is 1. The average molecular weight is 282 g/mol. The van der Waals surface area contributed by atoms with E-state index in [0.717, 1.165) is 19.5 Å². The summed E-state index contributed by atoms with van der Waals surface area (Å²) in [4.78, 5) is 24.8. The average Bonchev–Trinajstić information content (AvgIpc) is 2.92. The molecule has 20 heavy (non-hydrogen) atoms. The quantitative estimate of drug-likeness (QED) is 0.777. The maximum Gasteiger partial charge on any atom is 0.320 e. The molecule has 2 N–H and O–H groups in total. The summed E-state index contributed by atoms with van der Waals surface area (Å²) in [6.07, 6.45) is 8.40. The normalized spacial score (nSPS) is 24.7. The molecule has 5 nitrogen and oxygen atoms in total. The van der Waals surface area contributed by atoms with Crippen molar-refractivity contribution in [3.05, 3.63) is 0 Å². The number of carbonyl (C=O) groups excluding carboxylic acids is 1. The molecule has 1 aliphatic carbocycles. The van der Waals surface area contributed by atoms with Crippen molar-refractivity contribution in [1.82, 2.24) is 10.2 Å². The van der Waals surface area contributed by atoms with Crippen LogP contribution in [-0.2, 0) is 9.59 Å². The van der Waals surface area contributed by atoms with Crippen LogP contribution in [0.5, 0.6) is 0 Å². The van der Waals surface area contributed by atoms with E-state index in [1.807, 2.05) is 4.90 Å². The first-order chi connectivity index (χ1) is 9.66. The van der Waals surface area contributed by atoms with Crippen LogP contribution in [0.4, 0.5) is 0 Å². The Balaban J connectivity index is 1.63. The molecule has 2 fully saturated rings. The molecule has 0 spiro atoms. The predicted octanol–water partition coefficient (Wildman–Crippen LogP) is 1.62. The summed E-state index contributed by atoms with van der Waals surface area (Å²) in [5, 5.41) is 12.1. The first-order valence-corrected chi connectivity index (χ1v) is 7.90. The van der Waals surface area contributed by atoms with Crippen LogP contribution in [0.15, 0.2) is 0 Å². The molecule has 1 heterocycles. The zero-order valence-corrected chi connectivity index (χ0v) is 12.1. The van der Waals surface area contributed by atoms with E-state index in [9.17, 15) is 9.59 Å². The number of nitrogens with zero attached hydrogens (tertiary/aromatic N) is 1. The molecule has 5 heteroatoms. The maximum absolute atomic E-state index is 11.8. The first-order valence-electron chi connectivity index (χ1n) is 7.90. The molecule has 2 rings (SSSR count). The van der Waals surface area contributed by atoms with Crippen LogP contribution < -0.4 is 5.32 Å². The maximum atomic E-state index is 11.8. The van der Waals surface area contributed by atoms with Crippen molar-refractivity contribution in [2.75, 3.05) is 19.6 Å². The smallest absolute Gasteiger partial charge is 0.320 e. The van der Waals surface area contributed by atoms with Gasteiger partial charge in [0.1, 0.15) is 6.04 Å². The van der Waals surface area contributed by atoms with Crippen LogP contribution in [0.3, 0.4) is 0 Å². The van der Waals surface area contributed by atoms with E-state index in [2.05, 4.69) is 5.32 Å². The fraction of sp³-hybridized carbons (Fsp3) is 0.867. The lowest BCUT2D eigenvalue weighted by Gasteiger charge is -2.23. The van der Waals surface area contributed by atoms with Gasteiger partial charge in [0.15, 0.2) is 0 Å². The molecule has 0 unspecified atom stereocenters. The Kier molecular flexibility index (Phi) is 5.83. The summed E-state index contributed by atoms with van der Waals surface area (Å²) in [7, 11) is 0. The number of carboxylic acid groups (broad SMARTS) is 1. The number of amides is 1. The van der Waals surface area contributed by atoms with Crippen LogP contribution in [0, 0.1) is 5.92 Å². The van der Waals surface area contributed by atoms with Crippen molar-refractivity contribution in [3.63, 3.8) is 0 Å². The molecule has 0 aromatic rings. The van der Waals surface area contributed by atoms with Gasteiger partial charge in [0.2, 0.25) is 5.91 Å². The highest BCUT2D eigenvalue weighted by molar-refractivity contribution is 5.76. The molecule has 0 aromatic carbocycles. The van der Waals surface area contributed by atoms with E-state index in [1.165, 1.54) is 32.1 Å². The third kappa shape index (κ3) is 4.47. The van der Waals surface area contributed by atoms with Crippen molar-refractivity contribution >= 4 is 11.9 Å². The lowest BCUT2D eigenvalue weighted by atomic mass is 9.89. The number of rotatable bonds is 6. The second-order valence-corrected chi connectivity index (χ2v) is 6.09. The zero-order chi connectivity index (χ0) is 14.4. The third-order valence-electron chi connectivity index (χ3n) is 4.59. The Bertz CT molecular complexity index is 340. The molecular formula is C15H26N2O3. The SMILES string of the molecule is O=C(CCN1CCC[C@H]1C(=O)O)NCC1CCCCC1. The van der Waals surface area contributed by atoms with Gasteiger partial charge in [0.05, 0.1) is 0 Å². The lowest BCUT2D eigenvalue weighted by molar-refractivity contribution is -0.142. The van der Waals surface area contributed by atoms with Crippen molar-refractivity contribution < 1.29 is 14.7 Å². The molecule has 1 aliphatic heterocycles. The number of likely N-dealkylation sites (tertiary alicyclic amines) is 1. The minimum atomic E-state index is -0.759. The Morgan fingerprint density at radius 3 is 2.55 bits per heavy atom.